The number of carbonyl (C=O) groups is 1. The first kappa shape index (κ1) is 15.7. The van der Waals surface area contributed by atoms with Crippen LogP contribution in [0.3, 0.4) is 0 Å². The number of aryl methyl sites for hydroxylation is 1. The Balaban J connectivity index is 1.68. The molecular weight excluding hydrogens is 321 g/mol. The predicted molar refractivity (Wildman–Crippen MR) is 91.6 cm³/mol. The maximum Gasteiger partial charge on any atom is 0.254 e. The van der Waals surface area contributed by atoms with Gasteiger partial charge in [0, 0.05) is 32.2 Å². The van der Waals surface area contributed by atoms with Crippen molar-refractivity contribution in [2.45, 2.75) is 6.04 Å². The zero-order valence-corrected chi connectivity index (χ0v) is 13.8. The summed E-state index contributed by atoms with van der Waals surface area (Å²) in [7, 11) is 1.81. The van der Waals surface area contributed by atoms with Crippen LogP contribution >= 0.6 is 0 Å². The first-order chi connectivity index (χ1) is 12.1. The first-order valence-electron chi connectivity index (χ1n) is 8.20. The van der Waals surface area contributed by atoms with E-state index in [2.05, 4.69) is 15.6 Å². The van der Waals surface area contributed by atoms with Crippen LogP contribution in [0.25, 0.3) is 11.0 Å². The molecule has 1 saturated heterocycles. The predicted octanol–water partition coefficient (Wildman–Crippen LogP) is 1.89. The Labute approximate surface area is 144 Å². The van der Waals surface area contributed by atoms with E-state index in [1.54, 1.807) is 27.8 Å². The number of hydrogen-bond donors (Lipinski definition) is 1. The van der Waals surface area contributed by atoms with Crippen molar-refractivity contribution in [3.63, 3.8) is 0 Å². The molecule has 0 radical (unpaired) electrons. The van der Waals surface area contributed by atoms with Crippen molar-refractivity contribution in [3.05, 3.63) is 59.4 Å². The van der Waals surface area contributed by atoms with E-state index < -0.39 is 0 Å². The third-order valence-electron chi connectivity index (χ3n) is 4.60. The molecule has 2 heterocycles. The molecule has 3 aromatic rings. The molecule has 1 aliphatic heterocycles. The fourth-order valence-electron chi connectivity index (χ4n) is 3.30. The Hall–Kier alpha value is -2.80. The number of halogens is 1. The summed E-state index contributed by atoms with van der Waals surface area (Å²) in [5.41, 5.74) is 2.92. The van der Waals surface area contributed by atoms with Crippen LogP contribution in [-0.2, 0) is 7.05 Å². The fourth-order valence-corrected chi connectivity index (χ4v) is 3.30. The molecule has 4 rings (SSSR count). The van der Waals surface area contributed by atoms with Gasteiger partial charge in [0.15, 0.2) is 0 Å². The van der Waals surface area contributed by atoms with Gasteiger partial charge in [-0.1, -0.05) is 17.3 Å². The Bertz CT molecular complexity index is 938. The molecule has 0 bridgehead atoms. The van der Waals surface area contributed by atoms with Crippen LogP contribution in [0, 0.1) is 5.82 Å². The van der Waals surface area contributed by atoms with E-state index in [1.165, 1.54) is 12.1 Å². The number of fused-ring (bicyclic) bond motifs is 1. The van der Waals surface area contributed by atoms with Crippen molar-refractivity contribution in [3.8, 4) is 0 Å². The van der Waals surface area contributed by atoms with Gasteiger partial charge in [0.25, 0.3) is 5.91 Å². The lowest BCUT2D eigenvalue weighted by Gasteiger charge is -2.36. The lowest BCUT2D eigenvalue weighted by molar-refractivity contribution is 0.0634. The maximum absolute atomic E-state index is 13.6. The van der Waals surface area contributed by atoms with Gasteiger partial charge in [-0.15, -0.1) is 5.10 Å². The summed E-state index contributed by atoms with van der Waals surface area (Å²) in [6.45, 7) is 1.88. The summed E-state index contributed by atoms with van der Waals surface area (Å²) in [5, 5.41) is 11.3. The van der Waals surface area contributed by atoms with Crippen molar-refractivity contribution in [1.82, 2.24) is 25.2 Å². The van der Waals surface area contributed by atoms with Crippen molar-refractivity contribution in [2.24, 2.45) is 7.05 Å². The second-order valence-electron chi connectivity index (χ2n) is 6.19. The van der Waals surface area contributed by atoms with Gasteiger partial charge in [-0.05, 0) is 35.9 Å². The van der Waals surface area contributed by atoms with Gasteiger partial charge >= 0.3 is 0 Å². The summed E-state index contributed by atoms with van der Waals surface area (Å²) >= 11 is 0. The molecule has 1 N–H and O–H groups in total. The van der Waals surface area contributed by atoms with Crippen LogP contribution < -0.4 is 5.32 Å². The van der Waals surface area contributed by atoms with Crippen molar-refractivity contribution >= 4 is 16.9 Å². The van der Waals surface area contributed by atoms with Crippen LogP contribution in [0.2, 0.25) is 0 Å². The van der Waals surface area contributed by atoms with Crippen LogP contribution in [0.15, 0.2) is 42.5 Å². The third kappa shape index (κ3) is 2.87. The van der Waals surface area contributed by atoms with E-state index in [4.69, 9.17) is 0 Å². The highest BCUT2D eigenvalue weighted by Gasteiger charge is 2.29. The number of benzene rings is 2. The molecule has 1 aromatic heterocycles. The van der Waals surface area contributed by atoms with E-state index in [1.807, 2.05) is 19.2 Å². The summed E-state index contributed by atoms with van der Waals surface area (Å²) in [5.74, 6) is -0.375. The van der Waals surface area contributed by atoms with Crippen LogP contribution in [0.5, 0.6) is 0 Å². The summed E-state index contributed by atoms with van der Waals surface area (Å²) in [6, 6.07) is 11.6. The molecule has 0 aliphatic carbocycles. The van der Waals surface area contributed by atoms with Gasteiger partial charge in [-0.25, -0.2) is 9.07 Å². The molecule has 2 aromatic carbocycles. The smallest absolute Gasteiger partial charge is 0.254 e. The summed E-state index contributed by atoms with van der Waals surface area (Å²) in [4.78, 5) is 14.9. The molecule has 1 aliphatic rings. The number of hydrogen-bond acceptors (Lipinski definition) is 4. The maximum atomic E-state index is 13.6. The Morgan fingerprint density at radius 2 is 2.16 bits per heavy atom. The van der Waals surface area contributed by atoms with Gasteiger partial charge in [-0.2, -0.15) is 0 Å². The highest BCUT2D eigenvalue weighted by Crippen LogP contribution is 2.25. The zero-order valence-electron chi connectivity index (χ0n) is 13.8. The zero-order chi connectivity index (χ0) is 17.4. The number of aromatic nitrogens is 3. The minimum atomic E-state index is -0.295. The molecule has 7 heteroatoms. The Kier molecular flexibility index (Phi) is 3.93. The number of nitrogens with zero attached hydrogens (tertiary/aromatic N) is 4. The molecule has 1 atom stereocenters. The normalized spacial score (nSPS) is 17.8. The molecule has 1 fully saturated rings. The number of carbonyl (C=O) groups excluding carboxylic acids is 1. The van der Waals surface area contributed by atoms with Gasteiger partial charge in [0.1, 0.15) is 11.3 Å². The Morgan fingerprint density at radius 1 is 1.28 bits per heavy atom. The lowest BCUT2D eigenvalue weighted by atomic mass is 10.0. The van der Waals surface area contributed by atoms with E-state index in [-0.39, 0.29) is 17.8 Å². The molecule has 128 valence electrons. The van der Waals surface area contributed by atoms with Gasteiger partial charge in [0.2, 0.25) is 0 Å². The first-order valence-corrected chi connectivity index (χ1v) is 8.20. The minimum absolute atomic E-state index is 0.0803. The number of rotatable bonds is 2. The quantitative estimate of drug-likeness (QED) is 0.774. The van der Waals surface area contributed by atoms with Gasteiger partial charge in [-0.3, -0.25) is 4.79 Å². The number of amides is 1. The van der Waals surface area contributed by atoms with Crippen molar-refractivity contribution in [2.75, 3.05) is 19.6 Å². The molecule has 25 heavy (non-hydrogen) atoms. The molecule has 1 unspecified atom stereocenters. The standard InChI is InChI=1S/C18H18FN5O/c1-23-16-6-5-13(10-15(16)21-22-23)18(25)24-8-7-20-11-17(24)12-3-2-4-14(19)9-12/h2-6,9-10,17,20H,7-8,11H2,1H3. The van der Waals surface area contributed by atoms with Crippen LogP contribution in [0.1, 0.15) is 22.0 Å². The van der Waals surface area contributed by atoms with Gasteiger partial charge in [0.05, 0.1) is 11.6 Å². The van der Waals surface area contributed by atoms with E-state index >= 15 is 0 Å². The Morgan fingerprint density at radius 3 is 3.00 bits per heavy atom. The van der Waals surface area contributed by atoms with Crippen molar-refractivity contribution in [1.29, 1.82) is 0 Å². The number of piperazine rings is 1. The molecule has 6 nitrogen and oxygen atoms in total. The second kappa shape index (κ2) is 6.25. The molecule has 1 amide bonds. The third-order valence-corrected chi connectivity index (χ3v) is 4.60. The molecular formula is C18H18FN5O. The van der Waals surface area contributed by atoms with Crippen molar-refractivity contribution < 1.29 is 9.18 Å². The molecule has 0 saturated carbocycles. The van der Waals surface area contributed by atoms with E-state index in [0.29, 0.717) is 30.7 Å². The number of nitrogens with one attached hydrogen (secondary N) is 1. The summed E-state index contributed by atoms with van der Waals surface area (Å²) < 4.78 is 15.3. The monoisotopic (exact) mass is 339 g/mol. The largest absolute Gasteiger partial charge is 0.329 e. The van der Waals surface area contributed by atoms with E-state index in [0.717, 1.165) is 11.1 Å². The fraction of sp³-hybridized carbons (Fsp3) is 0.278. The highest BCUT2D eigenvalue weighted by molar-refractivity contribution is 5.97. The molecule has 0 spiro atoms. The minimum Gasteiger partial charge on any atom is -0.329 e. The SMILES string of the molecule is Cn1nnc2cc(C(=O)N3CCNCC3c3cccc(F)c3)ccc21. The lowest BCUT2D eigenvalue weighted by Crippen LogP contribution is -2.48. The van der Waals surface area contributed by atoms with Crippen LogP contribution in [0.4, 0.5) is 4.39 Å². The summed E-state index contributed by atoms with van der Waals surface area (Å²) in [6.07, 6.45) is 0. The second-order valence-corrected chi connectivity index (χ2v) is 6.19. The average Bonchev–Trinajstić information content (AvgIpc) is 3.01. The van der Waals surface area contributed by atoms with Gasteiger partial charge < -0.3 is 10.2 Å². The van der Waals surface area contributed by atoms with Crippen LogP contribution in [-0.4, -0.2) is 45.4 Å². The average molecular weight is 339 g/mol. The topological polar surface area (TPSA) is 63.1 Å². The van der Waals surface area contributed by atoms with E-state index in [9.17, 15) is 9.18 Å². The highest BCUT2D eigenvalue weighted by atomic mass is 19.1.